The first kappa shape index (κ1) is 18.6. The maximum absolute atomic E-state index is 12.9. The summed E-state index contributed by atoms with van der Waals surface area (Å²) < 4.78 is 18.3. The molecule has 0 bridgehead atoms. The number of piperazine rings is 1. The van der Waals surface area contributed by atoms with Crippen LogP contribution in [0, 0.1) is 31.0 Å². The van der Waals surface area contributed by atoms with Gasteiger partial charge in [-0.2, -0.15) is 5.26 Å². The second-order valence-corrected chi connectivity index (χ2v) is 6.47. The predicted molar refractivity (Wildman–Crippen MR) is 99.1 cm³/mol. The van der Waals surface area contributed by atoms with Crippen LogP contribution in [0.4, 0.5) is 10.1 Å². The van der Waals surface area contributed by atoms with Crippen molar-refractivity contribution in [3.05, 3.63) is 53.1 Å². The van der Waals surface area contributed by atoms with E-state index < -0.39 is 0 Å². The summed E-state index contributed by atoms with van der Waals surface area (Å²) in [5.74, 6) is 0.00878. The molecule has 1 aliphatic rings. The van der Waals surface area contributed by atoms with Crippen LogP contribution < -0.4 is 9.64 Å². The minimum atomic E-state index is -0.344. The van der Waals surface area contributed by atoms with Crippen LogP contribution in [0.25, 0.3) is 0 Å². The minimum absolute atomic E-state index is 0.0808. The molecule has 1 amide bonds. The van der Waals surface area contributed by atoms with Crippen LogP contribution in [-0.2, 0) is 4.79 Å². The fourth-order valence-corrected chi connectivity index (χ4v) is 3.16. The van der Waals surface area contributed by atoms with Gasteiger partial charge in [0.1, 0.15) is 17.6 Å². The number of amides is 1. The van der Waals surface area contributed by atoms with Gasteiger partial charge in [-0.05, 0) is 44.2 Å². The summed E-state index contributed by atoms with van der Waals surface area (Å²) in [6.07, 6.45) is 0. The van der Waals surface area contributed by atoms with Gasteiger partial charge in [0.15, 0.2) is 6.61 Å². The SMILES string of the molecule is Cc1cc(N2CCN(C(=O)COc3ccc(F)cc3)CC2)c(C#N)c(C)n1. The number of rotatable bonds is 4. The third-order valence-electron chi connectivity index (χ3n) is 4.57. The molecular weight excluding hydrogens is 347 g/mol. The molecule has 27 heavy (non-hydrogen) atoms. The Bertz CT molecular complexity index is 869. The molecule has 0 N–H and O–H groups in total. The number of benzene rings is 1. The highest BCUT2D eigenvalue weighted by atomic mass is 19.1. The van der Waals surface area contributed by atoms with Crippen molar-refractivity contribution in [1.82, 2.24) is 9.88 Å². The highest BCUT2D eigenvalue weighted by molar-refractivity contribution is 5.78. The normalized spacial score (nSPS) is 14.0. The molecule has 7 heteroatoms. The number of carbonyl (C=O) groups excluding carboxylic acids is 1. The first-order valence-electron chi connectivity index (χ1n) is 8.77. The molecular formula is C20H21FN4O2. The zero-order valence-corrected chi connectivity index (χ0v) is 15.4. The van der Waals surface area contributed by atoms with Crippen molar-refractivity contribution >= 4 is 11.6 Å². The van der Waals surface area contributed by atoms with E-state index in [1.54, 1.807) is 4.90 Å². The molecule has 0 saturated carbocycles. The third-order valence-corrected chi connectivity index (χ3v) is 4.57. The summed E-state index contributed by atoms with van der Waals surface area (Å²) in [5, 5.41) is 9.44. The molecule has 1 fully saturated rings. The Morgan fingerprint density at radius 1 is 1.22 bits per heavy atom. The molecule has 1 aromatic carbocycles. The summed E-state index contributed by atoms with van der Waals surface area (Å²) in [5.41, 5.74) is 3.04. The number of aryl methyl sites for hydroxylation is 2. The Morgan fingerprint density at radius 3 is 2.52 bits per heavy atom. The van der Waals surface area contributed by atoms with E-state index in [1.807, 2.05) is 19.9 Å². The number of nitriles is 1. The molecule has 0 spiro atoms. The topological polar surface area (TPSA) is 69.5 Å². The quantitative estimate of drug-likeness (QED) is 0.829. The van der Waals surface area contributed by atoms with Crippen LogP contribution >= 0.6 is 0 Å². The smallest absolute Gasteiger partial charge is 0.260 e. The number of aromatic nitrogens is 1. The summed E-state index contributed by atoms with van der Waals surface area (Å²) >= 11 is 0. The number of carbonyl (C=O) groups is 1. The predicted octanol–water partition coefficient (Wildman–Crippen LogP) is 2.44. The number of halogens is 1. The van der Waals surface area contributed by atoms with Gasteiger partial charge >= 0.3 is 0 Å². The van der Waals surface area contributed by atoms with Crippen LogP contribution in [0.5, 0.6) is 5.75 Å². The molecule has 2 aromatic rings. The average Bonchev–Trinajstić information content (AvgIpc) is 2.67. The Morgan fingerprint density at radius 2 is 1.89 bits per heavy atom. The van der Waals surface area contributed by atoms with Crippen molar-refractivity contribution in [2.75, 3.05) is 37.7 Å². The van der Waals surface area contributed by atoms with Crippen molar-refractivity contribution in [1.29, 1.82) is 5.26 Å². The van der Waals surface area contributed by atoms with Gasteiger partial charge in [-0.25, -0.2) is 4.39 Å². The van der Waals surface area contributed by atoms with Crippen LogP contribution in [0.15, 0.2) is 30.3 Å². The average molecular weight is 368 g/mol. The summed E-state index contributed by atoms with van der Waals surface area (Å²) in [7, 11) is 0. The van der Waals surface area contributed by atoms with E-state index in [0.29, 0.717) is 37.5 Å². The largest absolute Gasteiger partial charge is 0.484 e. The summed E-state index contributed by atoms with van der Waals surface area (Å²) in [6.45, 7) is 6.04. The Balaban J connectivity index is 1.58. The molecule has 2 heterocycles. The molecule has 1 saturated heterocycles. The molecule has 0 atom stereocenters. The van der Waals surface area contributed by atoms with E-state index in [0.717, 1.165) is 17.1 Å². The molecule has 140 valence electrons. The maximum atomic E-state index is 12.9. The highest BCUT2D eigenvalue weighted by Gasteiger charge is 2.24. The zero-order valence-electron chi connectivity index (χ0n) is 15.4. The molecule has 1 aliphatic heterocycles. The van der Waals surface area contributed by atoms with Gasteiger partial charge in [-0.15, -0.1) is 0 Å². The number of ether oxygens (including phenoxy) is 1. The standard InChI is InChI=1S/C20H21FN4O2/c1-14-11-19(18(12-22)15(2)23-14)24-7-9-25(10-8-24)20(26)13-27-17-5-3-16(21)4-6-17/h3-6,11H,7-10,13H2,1-2H3. The van der Waals surface area contributed by atoms with Gasteiger partial charge in [0.2, 0.25) is 0 Å². The van der Waals surface area contributed by atoms with Gasteiger partial charge in [0.05, 0.1) is 16.9 Å². The van der Waals surface area contributed by atoms with E-state index in [-0.39, 0.29) is 18.3 Å². The fraction of sp³-hybridized carbons (Fsp3) is 0.350. The second-order valence-electron chi connectivity index (χ2n) is 6.47. The first-order chi connectivity index (χ1) is 13.0. The van der Waals surface area contributed by atoms with Crippen molar-refractivity contribution in [2.24, 2.45) is 0 Å². The lowest BCUT2D eigenvalue weighted by Gasteiger charge is -2.36. The van der Waals surface area contributed by atoms with Gasteiger partial charge in [0.25, 0.3) is 5.91 Å². The van der Waals surface area contributed by atoms with E-state index in [2.05, 4.69) is 16.0 Å². The van der Waals surface area contributed by atoms with Crippen LogP contribution in [-0.4, -0.2) is 48.6 Å². The number of hydrogen-bond acceptors (Lipinski definition) is 5. The van der Waals surface area contributed by atoms with E-state index in [1.165, 1.54) is 24.3 Å². The highest BCUT2D eigenvalue weighted by Crippen LogP contribution is 2.24. The van der Waals surface area contributed by atoms with Gasteiger partial charge in [0, 0.05) is 31.9 Å². The lowest BCUT2D eigenvalue weighted by atomic mass is 10.1. The van der Waals surface area contributed by atoms with Crippen LogP contribution in [0.1, 0.15) is 17.0 Å². The minimum Gasteiger partial charge on any atom is -0.484 e. The van der Waals surface area contributed by atoms with Crippen molar-refractivity contribution in [3.8, 4) is 11.8 Å². The maximum Gasteiger partial charge on any atom is 0.260 e. The Kier molecular flexibility index (Phi) is 5.55. The molecule has 1 aromatic heterocycles. The summed E-state index contributed by atoms with van der Waals surface area (Å²) in [4.78, 5) is 20.6. The number of pyridine rings is 1. The summed E-state index contributed by atoms with van der Waals surface area (Å²) in [6, 6.07) is 9.74. The fourth-order valence-electron chi connectivity index (χ4n) is 3.16. The van der Waals surface area contributed by atoms with Crippen LogP contribution in [0.3, 0.4) is 0 Å². The lowest BCUT2D eigenvalue weighted by molar-refractivity contribution is -0.133. The molecule has 0 unspecified atom stereocenters. The first-order valence-corrected chi connectivity index (χ1v) is 8.77. The van der Waals surface area contributed by atoms with Crippen molar-refractivity contribution in [3.63, 3.8) is 0 Å². The molecule has 6 nitrogen and oxygen atoms in total. The molecule has 0 aliphatic carbocycles. The second kappa shape index (κ2) is 8.04. The van der Waals surface area contributed by atoms with Gasteiger partial charge < -0.3 is 14.5 Å². The molecule has 3 rings (SSSR count). The van der Waals surface area contributed by atoms with E-state index in [4.69, 9.17) is 4.74 Å². The van der Waals surface area contributed by atoms with E-state index >= 15 is 0 Å². The Labute approximate surface area is 157 Å². The monoisotopic (exact) mass is 368 g/mol. The zero-order chi connectivity index (χ0) is 19.4. The molecule has 0 radical (unpaired) electrons. The number of hydrogen-bond donors (Lipinski definition) is 0. The third kappa shape index (κ3) is 4.34. The Hall–Kier alpha value is -3.14. The van der Waals surface area contributed by atoms with Gasteiger partial charge in [-0.3, -0.25) is 9.78 Å². The van der Waals surface area contributed by atoms with Crippen molar-refractivity contribution < 1.29 is 13.9 Å². The lowest BCUT2D eigenvalue weighted by Crippen LogP contribution is -2.50. The van der Waals surface area contributed by atoms with Crippen molar-refractivity contribution in [2.45, 2.75) is 13.8 Å². The van der Waals surface area contributed by atoms with Gasteiger partial charge in [-0.1, -0.05) is 0 Å². The van der Waals surface area contributed by atoms with E-state index in [9.17, 15) is 14.4 Å². The van der Waals surface area contributed by atoms with Crippen LogP contribution in [0.2, 0.25) is 0 Å². The number of nitrogens with zero attached hydrogens (tertiary/aromatic N) is 4. The number of anilines is 1.